The molecule has 0 bridgehead atoms. The Balaban J connectivity index is 1.94. The second kappa shape index (κ2) is 6.54. The Labute approximate surface area is 151 Å². The topological polar surface area (TPSA) is 92.6 Å². The van der Waals surface area contributed by atoms with Gasteiger partial charge in [0, 0.05) is 12.1 Å². The predicted octanol–water partition coefficient (Wildman–Crippen LogP) is 3.36. The van der Waals surface area contributed by atoms with Gasteiger partial charge in [-0.2, -0.15) is 0 Å². The summed E-state index contributed by atoms with van der Waals surface area (Å²) in [7, 11) is 0. The average Bonchev–Trinajstić information content (AvgIpc) is 2.86. The number of benzene rings is 2. The summed E-state index contributed by atoms with van der Waals surface area (Å²) in [5.74, 6) is -1.22. The first-order chi connectivity index (χ1) is 11.9. The molecule has 1 aliphatic rings. The number of nitro groups is 1. The van der Waals surface area contributed by atoms with Crippen LogP contribution >= 0.6 is 23.2 Å². The van der Waals surface area contributed by atoms with E-state index in [1.165, 1.54) is 42.5 Å². The van der Waals surface area contributed by atoms with Gasteiger partial charge in [0.05, 0.1) is 20.7 Å². The second-order valence-corrected chi connectivity index (χ2v) is 5.90. The highest BCUT2D eigenvalue weighted by Gasteiger charge is 2.34. The SMILES string of the molecule is O=C1NN(c2ccc(Cl)c(Cl)c2)C(=O)C1=Cc1cccc([N+](=O)[O-])c1. The van der Waals surface area contributed by atoms with Gasteiger partial charge in [0.2, 0.25) is 0 Å². The molecule has 2 aromatic rings. The minimum absolute atomic E-state index is 0.137. The Hall–Kier alpha value is -2.90. The summed E-state index contributed by atoms with van der Waals surface area (Å²) in [4.78, 5) is 34.9. The Morgan fingerprint density at radius 1 is 1.08 bits per heavy atom. The summed E-state index contributed by atoms with van der Waals surface area (Å²) in [6.45, 7) is 0. The van der Waals surface area contributed by atoms with E-state index in [4.69, 9.17) is 23.2 Å². The van der Waals surface area contributed by atoms with Crippen LogP contribution in [0.3, 0.4) is 0 Å². The number of hydrogen-bond acceptors (Lipinski definition) is 4. The fourth-order valence-electron chi connectivity index (χ4n) is 2.26. The van der Waals surface area contributed by atoms with Gasteiger partial charge < -0.3 is 0 Å². The molecule has 1 saturated heterocycles. The van der Waals surface area contributed by atoms with Crippen LogP contribution in [-0.4, -0.2) is 16.7 Å². The summed E-state index contributed by atoms with van der Waals surface area (Å²) in [5.41, 5.74) is 2.84. The Kier molecular flexibility index (Phi) is 4.43. The summed E-state index contributed by atoms with van der Waals surface area (Å²) >= 11 is 11.8. The third-order valence-corrected chi connectivity index (χ3v) is 4.18. The van der Waals surface area contributed by atoms with Crippen LogP contribution in [0.15, 0.2) is 48.0 Å². The molecule has 1 aliphatic heterocycles. The zero-order valence-corrected chi connectivity index (χ0v) is 13.9. The number of carbonyl (C=O) groups excluding carboxylic acids is 2. The van der Waals surface area contributed by atoms with Crippen LogP contribution in [-0.2, 0) is 9.59 Å². The monoisotopic (exact) mass is 377 g/mol. The number of non-ortho nitro benzene ring substituents is 1. The number of carbonyl (C=O) groups is 2. The number of anilines is 1. The van der Waals surface area contributed by atoms with Crippen molar-refractivity contribution in [3.63, 3.8) is 0 Å². The average molecular weight is 378 g/mol. The molecule has 0 aliphatic carbocycles. The molecule has 1 fully saturated rings. The molecule has 1 heterocycles. The third kappa shape index (κ3) is 3.33. The molecule has 25 heavy (non-hydrogen) atoms. The Morgan fingerprint density at radius 3 is 2.52 bits per heavy atom. The minimum Gasteiger partial charge on any atom is -0.267 e. The largest absolute Gasteiger partial charge is 0.282 e. The van der Waals surface area contributed by atoms with E-state index in [0.717, 1.165) is 5.01 Å². The molecular formula is C16H9Cl2N3O4. The van der Waals surface area contributed by atoms with Crippen LogP contribution in [0.4, 0.5) is 11.4 Å². The molecule has 2 amide bonds. The van der Waals surface area contributed by atoms with E-state index in [2.05, 4.69) is 5.43 Å². The Morgan fingerprint density at radius 2 is 1.84 bits per heavy atom. The molecule has 0 saturated carbocycles. The minimum atomic E-state index is -0.623. The number of rotatable bonds is 3. The Bertz CT molecular complexity index is 943. The molecule has 9 heteroatoms. The van der Waals surface area contributed by atoms with Crippen molar-refractivity contribution in [1.82, 2.24) is 5.43 Å². The van der Waals surface area contributed by atoms with Crippen molar-refractivity contribution in [1.29, 1.82) is 0 Å². The van der Waals surface area contributed by atoms with Gasteiger partial charge >= 0.3 is 0 Å². The van der Waals surface area contributed by atoms with E-state index in [1.54, 1.807) is 6.07 Å². The van der Waals surface area contributed by atoms with E-state index >= 15 is 0 Å². The fraction of sp³-hybridized carbons (Fsp3) is 0. The van der Waals surface area contributed by atoms with Gasteiger partial charge in [-0.3, -0.25) is 25.1 Å². The van der Waals surface area contributed by atoms with Crippen molar-refractivity contribution < 1.29 is 14.5 Å². The van der Waals surface area contributed by atoms with Gasteiger partial charge in [-0.15, -0.1) is 0 Å². The quantitative estimate of drug-likeness (QED) is 0.384. The third-order valence-electron chi connectivity index (χ3n) is 3.44. The van der Waals surface area contributed by atoms with Crippen molar-refractivity contribution in [2.45, 2.75) is 0 Å². The summed E-state index contributed by atoms with van der Waals surface area (Å²) < 4.78 is 0. The lowest BCUT2D eigenvalue weighted by molar-refractivity contribution is -0.384. The van der Waals surface area contributed by atoms with E-state index in [9.17, 15) is 19.7 Å². The molecule has 0 radical (unpaired) electrons. The zero-order valence-electron chi connectivity index (χ0n) is 12.4. The van der Waals surface area contributed by atoms with Crippen LogP contribution < -0.4 is 10.4 Å². The normalized spacial score (nSPS) is 15.6. The maximum Gasteiger partial charge on any atom is 0.282 e. The van der Waals surface area contributed by atoms with Crippen molar-refractivity contribution in [3.8, 4) is 0 Å². The summed E-state index contributed by atoms with van der Waals surface area (Å²) in [6.07, 6.45) is 1.29. The number of hydrazine groups is 1. The zero-order chi connectivity index (χ0) is 18.1. The van der Waals surface area contributed by atoms with Crippen LogP contribution in [0.2, 0.25) is 10.0 Å². The maximum absolute atomic E-state index is 12.5. The highest BCUT2D eigenvalue weighted by Crippen LogP contribution is 2.29. The van der Waals surface area contributed by atoms with Crippen LogP contribution in [0.25, 0.3) is 6.08 Å². The smallest absolute Gasteiger partial charge is 0.267 e. The first-order valence-corrected chi connectivity index (χ1v) is 7.69. The molecule has 7 nitrogen and oxygen atoms in total. The number of nitrogens with one attached hydrogen (secondary N) is 1. The number of halogens is 2. The lowest BCUT2D eigenvalue weighted by Gasteiger charge is -2.15. The van der Waals surface area contributed by atoms with E-state index in [0.29, 0.717) is 16.3 Å². The van der Waals surface area contributed by atoms with Crippen molar-refractivity contribution in [3.05, 3.63) is 73.8 Å². The molecule has 0 unspecified atom stereocenters. The highest BCUT2D eigenvalue weighted by molar-refractivity contribution is 6.42. The van der Waals surface area contributed by atoms with Gasteiger partial charge in [0.15, 0.2) is 0 Å². The number of nitrogens with zero attached hydrogens (tertiary/aromatic N) is 2. The van der Waals surface area contributed by atoms with E-state index in [-0.39, 0.29) is 16.3 Å². The van der Waals surface area contributed by atoms with Crippen LogP contribution in [0, 0.1) is 10.1 Å². The van der Waals surface area contributed by atoms with Crippen LogP contribution in [0.5, 0.6) is 0 Å². The first-order valence-electron chi connectivity index (χ1n) is 6.93. The van der Waals surface area contributed by atoms with Gasteiger partial charge in [-0.25, -0.2) is 5.01 Å². The maximum atomic E-state index is 12.5. The number of hydrogen-bond donors (Lipinski definition) is 1. The lowest BCUT2D eigenvalue weighted by atomic mass is 10.1. The summed E-state index contributed by atoms with van der Waals surface area (Å²) in [5, 5.41) is 12.4. The van der Waals surface area contributed by atoms with Crippen LogP contribution in [0.1, 0.15) is 5.56 Å². The van der Waals surface area contributed by atoms with Gasteiger partial charge in [0.1, 0.15) is 5.57 Å². The molecule has 1 N–H and O–H groups in total. The van der Waals surface area contributed by atoms with Crippen molar-refractivity contribution in [2.75, 3.05) is 5.01 Å². The molecule has 0 spiro atoms. The van der Waals surface area contributed by atoms with Gasteiger partial charge in [0.25, 0.3) is 17.5 Å². The highest BCUT2D eigenvalue weighted by atomic mass is 35.5. The molecule has 3 rings (SSSR count). The van der Waals surface area contributed by atoms with Gasteiger partial charge in [-0.1, -0.05) is 35.3 Å². The van der Waals surface area contributed by atoms with E-state index < -0.39 is 16.7 Å². The first kappa shape index (κ1) is 16.9. The van der Waals surface area contributed by atoms with Crippen molar-refractivity contribution in [2.24, 2.45) is 0 Å². The fourth-order valence-corrected chi connectivity index (χ4v) is 2.55. The lowest BCUT2D eigenvalue weighted by Crippen LogP contribution is -2.35. The standard InChI is InChI=1S/C16H9Cl2N3O4/c17-13-5-4-10(8-14(13)18)20-16(23)12(15(22)19-20)7-9-2-1-3-11(6-9)21(24)25/h1-8H,(H,19,22). The molecule has 126 valence electrons. The second-order valence-electron chi connectivity index (χ2n) is 5.09. The molecule has 0 atom stereocenters. The molecule has 0 aromatic heterocycles. The summed E-state index contributed by atoms with van der Waals surface area (Å²) in [6, 6.07) is 10.1. The predicted molar refractivity (Wildman–Crippen MR) is 93.2 cm³/mol. The van der Waals surface area contributed by atoms with Crippen molar-refractivity contribution >= 4 is 52.5 Å². The molecular weight excluding hydrogens is 369 g/mol. The van der Waals surface area contributed by atoms with Gasteiger partial charge in [-0.05, 0) is 29.8 Å². The number of nitro benzene ring substituents is 1. The van der Waals surface area contributed by atoms with E-state index in [1.807, 2.05) is 0 Å². The molecule has 2 aromatic carbocycles. The number of amides is 2.